The summed E-state index contributed by atoms with van der Waals surface area (Å²) in [5, 5.41) is 0. The molecule has 1 saturated carbocycles. The lowest BCUT2D eigenvalue weighted by atomic mass is 9.91. The zero-order chi connectivity index (χ0) is 14.7. The summed E-state index contributed by atoms with van der Waals surface area (Å²) in [7, 11) is 0. The van der Waals surface area contributed by atoms with Gasteiger partial charge in [0.1, 0.15) is 6.61 Å². The molecule has 1 unspecified atom stereocenters. The molecule has 1 amide bonds. The minimum atomic E-state index is -0.546. The minimum Gasteiger partial charge on any atom is -0.485 e. The first kappa shape index (κ1) is 14.5. The minimum absolute atomic E-state index is 0.0271. The van der Waals surface area contributed by atoms with Crippen LogP contribution in [-0.4, -0.2) is 42.0 Å². The van der Waals surface area contributed by atoms with Gasteiger partial charge in [-0.05, 0) is 37.8 Å². The van der Waals surface area contributed by atoms with E-state index in [4.69, 9.17) is 21.1 Å². The number of benzene rings is 1. The quantitative estimate of drug-likeness (QED) is 0.785. The van der Waals surface area contributed by atoms with E-state index in [9.17, 15) is 4.79 Å². The lowest BCUT2D eigenvalue weighted by molar-refractivity contribution is -0.145. The van der Waals surface area contributed by atoms with E-state index in [0.29, 0.717) is 30.0 Å². The standard InChI is InChI=1S/C16H20ClNO3/c17-9-4-10-18(12-5-3-6-12)16(19)15-11-20-13-7-1-2-8-14(13)21-15/h1-2,7-8,12,15H,3-6,9-11H2. The zero-order valence-electron chi connectivity index (χ0n) is 12.0. The molecule has 3 rings (SSSR count). The molecule has 1 atom stereocenters. The van der Waals surface area contributed by atoms with E-state index in [1.54, 1.807) is 0 Å². The molecule has 0 spiro atoms. The number of carbonyl (C=O) groups excluding carboxylic acids is 1. The van der Waals surface area contributed by atoms with Crippen LogP contribution in [0.3, 0.4) is 0 Å². The third-order valence-electron chi connectivity index (χ3n) is 4.12. The second kappa shape index (κ2) is 6.56. The van der Waals surface area contributed by atoms with Gasteiger partial charge in [-0.1, -0.05) is 12.1 Å². The van der Waals surface area contributed by atoms with Gasteiger partial charge in [-0.3, -0.25) is 4.79 Å². The highest BCUT2D eigenvalue weighted by atomic mass is 35.5. The van der Waals surface area contributed by atoms with Crippen molar-refractivity contribution in [3.63, 3.8) is 0 Å². The van der Waals surface area contributed by atoms with Gasteiger partial charge in [-0.2, -0.15) is 0 Å². The Hall–Kier alpha value is -1.42. The van der Waals surface area contributed by atoms with Crippen LogP contribution in [0.15, 0.2) is 24.3 Å². The van der Waals surface area contributed by atoms with Gasteiger partial charge in [0, 0.05) is 18.5 Å². The van der Waals surface area contributed by atoms with Crippen LogP contribution in [0.25, 0.3) is 0 Å². The zero-order valence-corrected chi connectivity index (χ0v) is 12.7. The molecule has 0 radical (unpaired) electrons. The number of fused-ring (bicyclic) bond motifs is 1. The maximum absolute atomic E-state index is 12.7. The van der Waals surface area contributed by atoms with E-state index in [-0.39, 0.29) is 12.5 Å². The maximum atomic E-state index is 12.7. The summed E-state index contributed by atoms with van der Waals surface area (Å²) in [6, 6.07) is 7.81. The summed E-state index contributed by atoms with van der Waals surface area (Å²) in [5.41, 5.74) is 0. The largest absolute Gasteiger partial charge is 0.485 e. The van der Waals surface area contributed by atoms with Gasteiger partial charge in [0.05, 0.1) is 0 Å². The highest BCUT2D eigenvalue weighted by Crippen LogP contribution is 2.32. The first-order valence-corrected chi connectivity index (χ1v) is 8.08. The third kappa shape index (κ3) is 3.10. The van der Waals surface area contributed by atoms with Crippen molar-refractivity contribution in [2.75, 3.05) is 19.0 Å². The molecule has 0 saturated heterocycles. The van der Waals surface area contributed by atoms with Crippen LogP contribution in [0.1, 0.15) is 25.7 Å². The van der Waals surface area contributed by atoms with Crippen molar-refractivity contribution >= 4 is 17.5 Å². The number of nitrogens with zero attached hydrogens (tertiary/aromatic N) is 1. The Morgan fingerprint density at radius 3 is 2.71 bits per heavy atom. The van der Waals surface area contributed by atoms with Crippen LogP contribution in [0.5, 0.6) is 11.5 Å². The van der Waals surface area contributed by atoms with Gasteiger partial charge in [0.2, 0.25) is 6.10 Å². The highest BCUT2D eigenvalue weighted by molar-refractivity contribution is 6.17. The number of para-hydroxylation sites is 2. The van der Waals surface area contributed by atoms with Crippen LogP contribution >= 0.6 is 11.6 Å². The second-order valence-corrected chi connectivity index (χ2v) is 5.90. The number of ether oxygens (including phenoxy) is 2. The van der Waals surface area contributed by atoms with Crippen LogP contribution < -0.4 is 9.47 Å². The molecule has 4 nitrogen and oxygen atoms in total. The van der Waals surface area contributed by atoms with Gasteiger partial charge in [0.15, 0.2) is 11.5 Å². The number of alkyl halides is 1. The van der Waals surface area contributed by atoms with Crippen LogP contribution in [0.2, 0.25) is 0 Å². The average molecular weight is 310 g/mol. The predicted octanol–water partition coefficient (Wildman–Crippen LogP) is 2.84. The Bertz CT molecular complexity index is 504. The summed E-state index contributed by atoms with van der Waals surface area (Å²) < 4.78 is 11.5. The van der Waals surface area contributed by atoms with E-state index in [0.717, 1.165) is 19.3 Å². The fourth-order valence-corrected chi connectivity index (χ4v) is 2.85. The molecule has 0 N–H and O–H groups in total. The molecule has 1 heterocycles. The lowest BCUT2D eigenvalue weighted by Crippen LogP contribution is -2.52. The Labute approximate surface area is 130 Å². The molecule has 1 fully saturated rings. The number of rotatable bonds is 5. The third-order valence-corrected chi connectivity index (χ3v) is 4.38. The van der Waals surface area contributed by atoms with Crippen LogP contribution in [0, 0.1) is 0 Å². The molecule has 1 aromatic rings. The van der Waals surface area contributed by atoms with E-state index in [1.807, 2.05) is 29.2 Å². The second-order valence-electron chi connectivity index (χ2n) is 5.52. The van der Waals surface area contributed by atoms with Crippen molar-refractivity contribution < 1.29 is 14.3 Å². The van der Waals surface area contributed by atoms with Gasteiger partial charge < -0.3 is 14.4 Å². The molecule has 1 aliphatic carbocycles. The predicted molar refractivity (Wildman–Crippen MR) is 81.0 cm³/mol. The van der Waals surface area contributed by atoms with Crippen molar-refractivity contribution in [2.24, 2.45) is 0 Å². The molecule has 0 bridgehead atoms. The van der Waals surface area contributed by atoms with Gasteiger partial charge in [-0.25, -0.2) is 0 Å². The van der Waals surface area contributed by atoms with E-state index < -0.39 is 6.10 Å². The summed E-state index contributed by atoms with van der Waals surface area (Å²) in [6.07, 6.45) is 3.63. The van der Waals surface area contributed by atoms with Crippen molar-refractivity contribution in [3.8, 4) is 11.5 Å². The van der Waals surface area contributed by atoms with Crippen LogP contribution in [0.4, 0.5) is 0 Å². The van der Waals surface area contributed by atoms with E-state index >= 15 is 0 Å². The number of hydrogen-bond donors (Lipinski definition) is 0. The molecule has 2 aliphatic rings. The molecule has 1 aliphatic heterocycles. The van der Waals surface area contributed by atoms with Gasteiger partial charge in [0.25, 0.3) is 5.91 Å². The summed E-state index contributed by atoms with van der Waals surface area (Å²) >= 11 is 5.78. The topological polar surface area (TPSA) is 38.8 Å². The van der Waals surface area contributed by atoms with Crippen molar-refractivity contribution in [1.82, 2.24) is 4.90 Å². The Morgan fingerprint density at radius 1 is 1.29 bits per heavy atom. The van der Waals surface area contributed by atoms with Crippen molar-refractivity contribution in [1.29, 1.82) is 0 Å². The molecule has 1 aromatic carbocycles. The summed E-state index contributed by atoms with van der Waals surface area (Å²) in [5.74, 6) is 1.95. The molecule has 114 valence electrons. The summed E-state index contributed by atoms with van der Waals surface area (Å²) in [4.78, 5) is 14.7. The molecule has 5 heteroatoms. The Morgan fingerprint density at radius 2 is 2.05 bits per heavy atom. The van der Waals surface area contributed by atoms with Gasteiger partial charge in [-0.15, -0.1) is 11.6 Å². The Kier molecular flexibility index (Phi) is 4.54. The number of halogens is 1. The molecular formula is C16H20ClNO3. The Balaban J connectivity index is 1.68. The SMILES string of the molecule is O=C(C1COc2ccccc2O1)N(CCCCl)C1CCC1. The number of amides is 1. The fourth-order valence-electron chi connectivity index (χ4n) is 2.73. The van der Waals surface area contributed by atoms with Crippen molar-refractivity contribution in [2.45, 2.75) is 37.8 Å². The molecule has 21 heavy (non-hydrogen) atoms. The van der Waals surface area contributed by atoms with Gasteiger partial charge >= 0.3 is 0 Å². The molecular weight excluding hydrogens is 290 g/mol. The van der Waals surface area contributed by atoms with E-state index in [1.165, 1.54) is 6.42 Å². The average Bonchev–Trinajstić information content (AvgIpc) is 2.48. The monoisotopic (exact) mass is 309 g/mol. The fraction of sp³-hybridized carbons (Fsp3) is 0.562. The normalized spacial score (nSPS) is 20.7. The van der Waals surface area contributed by atoms with E-state index in [2.05, 4.69) is 0 Å². The maximum Gasteiger partial charge on any atom is 0.267 e. The smallest absolute Gasteiger partial charge is 0.267 e. The lowest BCUT2D eigenvalue weighted by Gasteiger charge is -2.40. The molecule has 0 aromatic heterocycles. The first-order chi connectivity index (χ1) is 10.3. The highest BCUT2D eigenvalue weighted by Gasteiger charge is 2.36. The van der Waals surface area contributed by atoms with Crippen LogP contribution in [-0.2, 0) is 4.79 Å². The van der Waals surface area contributed by atoms with Crippen molar-refractivity contribution in [3.05, 3.63) is 24.3 Å². The number of hydrogen-bond acceptors (Lipinski definition) is 3. The number of carbonyl (C=O) groups is 1. The summed E-state index contributed by atoms with van der Waals surface area (Å²) in [6.45, 7) is 0.981. The first-order valence-electron chi connectivity index (χ1n) is 7.54.